The number of nitrogen functional groups attached to an aromatic ring is 4. The molecule has 8 aromatic carbocycles. The van der Waals surface area contributed by atoms with Gasteiger partial charge in [0.1, 0.15) is 104 Å². The van der Waals surface area contributed by atoms with Crippen LogP contribution >= 0.6 is 0 Å². The van der Waals surface area contributed by atoms with Crippen molar-refractivity contribution in [2.45, 2.75) is 160 Å². The first-order valence-corrected chi connectivity index (χ1v) is 44.8. The monoisotopic (exact) mass is 1810 g/mol. The molecule has 20 rings (SSSR count). The standard InChI is InChI=1S/C26H26N6O4.C25H23N7O2.C25H26N6O2.C24H24N6O2/c1-35-25(33)19-13-17(11-12-20(19)30-26(34)36-14-16-7-3-2-4-8-16)22-21-23(27)28-15-29-24(21)32(31-22)18-9-5-6-10-18;26-13-18-12-17(10-11-20(18)30-25(33)34-14-16-6-2-1-3-7-16)22-21-23(27)28-15-29-24(21)32(31-22)19-8-4-5-9-19;1-16-13-18(11-12-20(16)29-25(32)33-14-17-7-3-2-4-8-17)22-21-23(26)27-15-28-24(21)31(30-22)19-9-5-6-10-19;25-22-20-21(29-30(19-8-4-5-9-19)23(20)27-15-26-22)17-10-12-18(13-11-17)28-24(31)32-14-16-6-2-1-3-7-16/h2-4,7-8,11-13,15,18H,5-6,9-10,14H2,1H3,(H,30,34)(H2,27,28,29);1-3,6-7,10-12,15,19H,4-5,8-9,14H2,(H,30,33)(H2,27,28,29);2-4,7-8,11-13,15,19H,5-6,9-10,14H2,1H3,(H,29,32)(H2,26,27,28);1-3,6-7,10-13,15,19H,4-5,8-9,14H2,(H,28,31)(H2,25,26,27). The second-order valence-electron chi connectivity index (χ2n) is 33.2. The van der Waals surface area contributed by atoms with E-state index < -0.39 is 30.3 Å². The van der Waals surface area contributed by atoms with Crippen molar-refractivity contribution in [3.63, 3.8) is 0 Å². The van der Waals surface area contributed by atoms with Gasteiger partial charge in [0.15, 0.2) is 22.6 Å². The summed E-state index contributed by atoms with van der Waals surface area (Å²) in [5.41, 5.74) is 40.5. The fraction of sp³-hybridized carbons (Fsp3) is 0.260. The third kappa shape index (κ3) is 21.0. The number of methoxy groups -OCH3 is 1. The maximum Gasteiger partial charge on any atom is 0.411 e. The van der Waals surface area contributed by atoms with Crippen LogP contribution in [0.3, 0.4) is 0 Å². The molecule has 0 spiro atoms. The van der Waals surface area contributed by atoms with Crippen molar-refractivity contribution in [1.82, 2.24) is 79.0 Å². The molecule has 8 heterocycles. The van der Waals surface area contributed by atoms with Crippen LogP contribution in [0.25, 0.3) is 89.2 Å². The highest BCUT2D eigenvalue weighted by Gasteiger charge is 2.31. The number of amides is 4. The summed E-state index contributed by atoms with van der Waals surface area (Å²) in [5, 5.41) is 42.9. The number of benzene rings is 8. The van der Waals surface area contributed by atoms with Crippen molar-refractivity contribution in [1.29, 1.82) is 5.26 Å². The molecule has 0 bridgehead atoms. The van der Waals surface area contributed by atoms with E-state index in [9.17, 15) is 29.2 Å². The highest BCUT2D eigenvalue weighted by molar-refractivity contribution is 6.05. The Morgan fingerprint density at radius 3 is 0.978 bits per heavy atom. The summed E-state index contributed by atoms with van der Waals surface area (Å²) in [5.74, 6) is 0.878. The number of nitriles is 1. The molecule has 0 saturated heterocycles. The normalized spacial score (nSPS) is 13.8. The van der Waals surface area contributed by atoms with E-state index in [-0.39, 0.29) is 55.3 Å². The largest absolute Gasteiger partial charge is 0.465 e. The topological polar surface area (TPSA) is 482 Å². The minimum atomic E-state index is -0.689. The number of hydrogen-bond acceptors (Lipinski definition) is 27. The van der Waals surface area contributed by atoms with Gasteiger partial charge in [0.2, 0.25) is 0 Å². The van der Waals surface area contributed by atoms with Gasteiger partial charge in [-0.3, -0.25) is 21.3 Å². The van der Waals surface area contributed by atoms with E-state index in [0.29, 0.717) is 97.0 Å². The highest BCUT2D eigenvalue weighted by Crippen LogP contribution is 2.43. The lowest BCUT2D eigenvalue weighted by Gasteiger charge is -2.12. The van der Waals surface area contributed by atoms with Crippen molar-refractivity contribution in [3.05, 3.63) is 264 Å². The molecule has 0 unspecified atom stereocenters. The lowest BCUT2D eigenvalue weighted by atomic mass is 10.0. The molecule has 8 aromatic heterocycles. The van der Waals surface area contributed by atoms with Gasteiger partial charge in [-0.15, -0.1) is 0 Å². The zero-order chi connectivity index (χ0) is 93.3. The number of aromatic nitrogens is 16. The molecule has 35 heteroatoms. The summed E-state index contributed by atoms with van der Waals surface area (Å²) in [6, 6.07) is 64.5. The average molecular weight is 1810 g/mol. The Kier molecular flexibility index (Phi) is 28.0. The average Bonchev–Trinajstić information content (AvgIpc) is 1.62. The van der Waals surface area contributed by atoms with Crippen molar-refractivity contribution < 1.29 is 47.7 Å². The van der Waals surface area contributed by atoms with E-state index in [2.05, 4.69) is 67.2 Å². The fourth-order valence-electron chi connectivity index (χ4n) is 17.5. The molecule has 0 aliphatic heterocycles. The Bertz CT molecular complexity index is 6990. The summed E-state index contributed by atoms with van der Waals surface area (Å²) < 4.78 is 34.0. The van der Waals surface area contributed by atoms with E-state index in [1.807, 2.05) is 189 Å². The van der Waals surface area contributed by atoms with Gasteiger partial charge in [-0.25, -0.2) is 82.6 Å². The predicted molar refractivity (Wildman–Crippen MR) is 512 cm³/mol. The molecule has 0 atom stereocenters. The third-order valence-electron chi connectivity index (χ3n) is 24.3. The van der Waals surface area contributed by atoms with Gasteiger partial charge >= 0.3 is 30.3 Å². The predicted octanol–water partition coefficient (Wildman–Crippen LogP) is 19.7. The Balaban J connectivity index is 0.000000125. The number of hydrogen-bond donors (Lipinski definition) is 8. The van der Waals surface area contributed by atoms with Crippen LogP contribution in [0.4, 0.5) is 65.2 Å². The number of esters is 1. The fourth-order valence-corrected chi connectivity index (χ4v) is 17.5. The van der Waals surface area contributed by atoms with Gasteiger partial charge in [-0.1, -0.05) is 203 Å². The van der Waals surface area contributed by atoms with Crippen LogP contribution < -0.4 is 44.2 Å². The first kappa shape index (κ1) is 90.2. The lowest BCUT2D eigenvalue weighted by molar-refractivity contribution is 0.0601. The van der Waals surface area contributed by atoms with Crippen LogP contribution in [0.1, 0.15) is 171 Å². The Labute approximate surface area is 775 Å². The molecular formula is C100H99N25O10. The summed E-state index contributed by atoms with van der Waals surface area (Å²) in [6.07, 6.45) is 21.4. The van der Waals surface area contributed by atoms with Crippen LogP contribution in [0, 0.1) is 18.3 Å². The van der Waals surface area contributed by atoms with Crippen LogP contribution in [-0.4, -0.2) is 116 Å². The van der Waals surface area contributed by atoms with Crippen molar-refractivity contribution in [2.75, 3.05) is 51.3 Å². The third-order valence-corrected chi connectivity index (χ3v) is 24.3. The molecule has 4 amide bonds. The molecule has 684 valence electrons. The van der Waals surface area contributed by atoms with Crippen LogP contribution in [0.2, 0.25) is 0 Å². The molecule has 35 nitrogen and oxygen atoms in total. The second-order valence-corrected chi connectivity index (χ2v) is 33.2. The van der Waals surface area contributed by atoms with E-state index in [1.165, 1.54) is 58.1 Å². The van der Waals surface area contributed by atoms with Crippen LogP contribution in [0.5, 0.6) is 0 Å². The zero-order valence-electron chi connectivity index (χ0n) is 74.3. The van der Waals surface area contributed by atoms with Crippen LogP contribution in [-0.2, 0) is 50.1 Å². The van der Waals surface area contributed by atoms with Crippen molar-refractivity contribution in [2.24, 2.45) is 0 Å². The highest BCUT2D eigenvalue weighted by atomic mass is 16.6. The maximum absolute atomic E-state index is 12.6. The van der Waals surface area contributed by atoms with Gasteiger partial charge in [0, 0.05) is 33.6 Å². The Morgan fingerprint density at radius 1 is 0.356 bits per heavy atom. The number of ether oxygens (including phenoxy) is 5. The number of nitrogens with one attached hydrogen (secondary N) is 4. The number of nitrogens with zero attached hydrogens (tertiary/aromatic N) is 17. The molecule has 12 N–H and O–H groups in total. The molecule has 4 aliphatic carbocycles. The number of nitrogens with two attached hydrogens (primary N) is 4. The molecule has 4 saturated carbocycles. The molecule has 0 radical (unpaired) electrons. The van der Waals surface area contributed by atoms with Gasteiger partial charge in [-0.05, 0) is 135 Å². The van der Waals surface area contributed by atoms with E-state index in [1.54, 1.807) is 36.4 Å². The second kappa shape index (κ2) is 42.0. The molecule has 4 aliphatic rings. The Hall–Kier alpha value is -16.8. The number of rotatable bonds is 21. The molecular weight excluding hydrogens is 1710 g/mol. The van der Waals surface area contributed by atoms with E-state index >= 15 is 0 Å². The molecule has 16 aromatic rings. The van der Waals surface area contributed by atoms with Gasteiger partial charge in [0.25, 0.3) is 0 Å². The summed E-state index contributed by atoms with van der Waals surface area (Å²) in [7, 11) is 1.28. The SMILES string of the molecule is COC(=O)c1cc(-c2nn(C3CCCC3)c3ncnc(N)c23)ccc1NC(=O)OCc1ccccc1.Cc1cc(-c2nn(C3CCCC3)c3ncnc(N)c23)ccc1NC(=O)OCc1ccccc1.N#Cc1cc(-c2nn(C3CCCC3)c3ncnc(N)c23)ccc1NC(=O)OCc1ccccc1.Nc1ncnc2c1c(-c1ccc(NC(=O)OCc3ccccc3)cc1)nn2C1CCCC1. The number of carbonyl (C=O) groups is 5. The van der Waals surface area contributed by atoms with Crippen LogP contribution in [0.15, 0.2) is 225 Å². The Morgan fingerprint density at radius 2 is 0.644 bits per heavy atom. The van der Waals surface area contributed by atoms with Crippen molar-refractivity contribution >= 4 is 120 Å². The lowest BCUT2D eigenvalue weighted by Crippen LogP contribution is -2.16. The summed E-state index contributed by atoms with van der Waals surface area (Å²) >= 11 is 0. The molecule has 4 fully saturated rings. The first-order chi connectivity index (χ1) is 66.0. The van der Waals surface area contributed by atoms with Gasteiger partial charge in [-0.2, -0.15) is 25.7 Å². The number of aryl methyl sites for hydroxylation is 1. The van der Waals surface area contributed by atoms with E-state index in [0.717, 1.165) is 149 Å². The quantitative estimate of drug-likeness (QED) is 0.0245. The summed E-state index contributed by atoms with van der Waals surface area (Å²) in [6.45, 7) is 2.60. The zero-order valence-corrected chi connectivity index (χ0v) is 74.3. The summed E-state index contributed by atoms with van der Waals surface area (Å²) in [4.78, 5) is 96.3. The first-order valence-electron chi connectivity index (χ1n) is 44.8. The minimum absolute atomic E-state index is 0.0994. The van der Waals surface area contributed by atoms with Gasteiger partial charge < -0.3 is 46.6 Å². The molecule has 135 heavy (non-hydrogen) atoms. The number of fused-ring (bicyclic) bond motifs is 4. The number of anilines is 8. The number of carbonyl (C=O) groups excluding carboxylic acids is 5. The van der Waals surface area contributed by atoms with E-state index in [4.69, 9.17) is 67.0 Å². The van der Waals surface area contributed by atoms with Gasteiger partial charge in [0.05, 0.1) is 75.3 Å². The smallest absolute Gasteiger partial charge is 0.411 e. The minimum Gasteiger partial charge on any atom is -0.465 e. The van der Waals surface area contributed by atoms with Crippen molar-refractivity contribution in [3.8, 4) is 51.1 Å². The maximum atomic E-state index is 12.6.